The van der Waals surface area contributed by atoms with Crippen molar-refractivity contribution in [2.45, 2.75) is 32.2 Å². The predicted molar refractivity (Wildman–Crippen MR) is 137 cm³/mol. The first-order valence-electron chi connectivity index (χ1n) is 11.5. The number of amides is 5. The first-order chi connectivity index (χ1) is 17.2. The molecule has 2 aliphatic rings. The van der Waals surface area contributed by atoms with Crippen molar-refractivity contribution in [3.63, 3.8) is 0 Å². The maximum atomic E-state index is 12.9. The Bertz CT molecular complexity index is 1290. The minimum Gasteiger partial charge on any atom is -0.351 e. The summed E-state index contributed by atoms with van der Waals surface area (Å²) in [5.74, 6) is -1.49. The molecule has 0 radical (unpaired) electrons. The van der Waals surface area contributed by atoms with Gasteiger partial charge in [-0.05, 0) is 61.6 Å². The van der Waals surface area contributed by atoms with Crippen LogP contribution in [0.2, 0.25) is 5.02 Å². The molecule has 2 aromatic carbocycles. The number of imide groups is 1. The van der Waals surface area contributed by atoms with Crippen molar-refractivity contribution in [3.8, 4) is 0 Å². The third kappa shape index (κ3) is 5.75. The van der Waals surface area contributed by atoms with Crippen LogP contribution in [0.25, 0.3) is 0 Å². The molecule has 1 atom stereocenters. The second-order valence-corrected chi connectivity index (χ2v) is 9.05. The van der Waals surface area contributed by atoms with Gasteiger partial charge >= 0.3 is 6.03 Å². The van der Waals surface area contributed by atoms with Crippen molar-refractivity contribution in [1.29, 1.82) is 0 Å². The lowest BCUT2D eigenvalue weighted by molar-refractivity contribution is -0.146. The molecule has 1 saturated heterocycles. The van der Waals surface area contributed by atoms with Crippen molar-refractivity contribution in [1.82, 2.24) is 15.5 Å². The molecule has 1 fully saturated rings. The summed E-state index contributed by atoms with van der Waals surface area (Å²) in [7, 11) is 0. The van der Waals surface area contributed by atoms with E-state index in [1.807, 2.05) is 31.2 Å². The van der Waals surface area contributed by atoms with E-state index in [2.05, 4.69) is 27.8 Å². The Morgan fingerprint density at radius 1 is 1.17 bits per heavy atom. The lowest BCUT2D eigenvalue weighted by atomic mass is 10.0. The Morgan fingerprint density at radius 2 is 1.97 bits per heavy atom. The van der Waals surface area contributed by atoms with Crippen molar-refractivity contribution in [2.75, 3.05) is 17.2 Å². The highest BCUT2D eigenvalue weighted by atomic mass is 35.5. The minimum absolute atomic E-state index is 0.101. The smallest absolute Gasteiger partial charge is 0.319 e. The Balaban J connectivity index is 1.31. The first kappa shape index (κ1) is 25.0. The lowest BCUT2D eigenvalue weighted by Crippen LogP contribution is -2.52. The number of hydrogen-bond acceptors (Lipinski definition) is 5. The maximum Gasteiger partial charge on any atom is 0.319 e. The van der Waals surface area contributed by atoms with E-state index in [4.69, 9.17) is 11.6 Å². The van der Waals surface area contributed by atoms with Crippen molar-refractivity contribution in [3.05, 3.63) is 82.7 Å². The van der Waals surface area contributed by atoms with Gasteiger partial charge < -0.3 is 21.3 Å². The summed E-state index contributed by atoms with van der Waals surface area (Å²) < 4.78 is 0. The number of allylic oxidation sites excluding steroid dienone is 1. The van der Waals surface area contributed by atoms with Crippen molar-refractivity contribution in [2.24, 2.45) is 0 Å². The number of urea groups is 1. The summed E-state index contributed by atoms with van der Waals surface area (Å²) in [5.41, 5.74) is 3.73. The molecule has 1 unspecified atom stereocenters. The fourth-order valence-corrected chi connectivity index (χ4v) is 4.18. The van der Waals surface area contributed by atoms with E-state index in [-0.39, 0.29) is 11.7 Å². The highest BCUT2D eigenvalue weighted by Gasteiger charge is 2.41. The second kappa shape index (κ2) is 10.7. The largest absolute Gasteiger partial charge is 0.351 e. The number of halogens is 1. The predicted octanol–water partition coefficient (Wildman–Crippen LogP) is 3.47. The topological polar surface area (TPSA) is 120 Å². The number of nitrogens with zero attached hydrogens (tertiary/aromatic N) is 1. The quantitative estimate of drug-likeness (QED) is 0.428. The molecular formula is C26H26ClN5O4. The minimum atomic E-state index is -0.856. The average Bonchev–Trinajstić information content (AvgIpc) is 3.09. The highest BCUT2D eigenvalue weighted by Crippen LogP contribution is 2.24. The molecule has 5 amide bonds. The number of rotatable bonds is 7. The molecule has 0 spiro atoms. The van der Waals surface area contributed by atoms with E-state index in [0.717, 1.165) is 16.0 Å². The first-order valence-corrected chi connectivity index (χ1v) is 11.8. The number of piperidine rings is 1. The summed E-state index contributed by atoms with van der Waals surface area (Å²) in [6.07, 6.45) is 2.59. The van der Waals surface area contributed by atoms with Gasteiger partial charge in [-0.25, -0.2) is 4.79 Å². The average molecular weight is 508 g/mol. The van der Waals surface area contributed by atoms with Crippen LogP contribution >= 0.6 is 11.6 Å². The molecule has 0 bridgehead atoms. The SMILES string of the molecule is C=C1CCC(N2C(=O)C=C(Nc3cccc(CCNC(=O)Nc4ccc(C)c(Cl)c4)c3)C2=O)C(=O)N1. The van der Waals surface area contributed by atoms with Crippen LogP contribution in [0.3, 0.4) is 0 Å². The van der Waals surface area contributed by atoms with Crippen LogP contribution in [-0.2, 0) is 20.8 Å². The van der Waals surface area contributed by atoms with Gasteiger partial charge in [-0.1, -0.05) is 36.4 Å². The van der Waals surface area contributed by atoms with Crippen molar-refractivity contribution >= 4 is 46.7 Å². The molecule has 186 valence electrons. The fourth-order valence-electron chi connectivity index (χ4n) is 4.00. The Morgan fingerprint density at radius 3 is 2.72 bits per heavy atom. The number of carbonyl (C=O) groups excluding carboxylic acids is 4. The van der Waals surface area contributed by atoms with Gasteiger partial charge in [0.15, 0.2) is 0 Å². The van der Waals surface area contributed by atoms with E-state index in [1.165, 1.54) is 6.08 Å². The zero-order valence-corrected chi connectivity index (χ0v) is 20.4. The lowest BCUT2D eigenvalue weighted by Gasteiger charge is -2.29. The van der Waals surface area contributed by atoms with Crippen LogP contribution in [0.15, 0.2) is 66.5 Å². The molecule has 2 aliphatic heterocycles. The van der Waals surface area contributed by atoms with Crippen LogP contribution in [0.1, 0.15) is 24.0 Å². The number of nitrogens with one attached hydrogen (secondary N) is 4. The van der Waals surface area contributed by atoms with E-state index < -0.39 is 23.8 Å². The molecule has 0 aromatic heterocycles. The number of anilines is 2. The monoisotopic (exact) mass is 507 g/mol. The normalized spacial score (nSPS) is 17.6. The zero-order chi connectivity index (χ0) is 25.8. The van der Waals surface area contributed by atoms with Gasteiger partial charge in [0.1, 0.15) is 11.7 Å². The molecule has 2 aromatic rings. The summed E-state index contributed by atoms with van der Waals surface area (Å²) in [4.78, 5) is 50.8. The standard InChI is InChI=1S/C26H26ClN5O4/c1-15-6-8-19(13-20(15)27)31-26(36)28-11-10-17-4-3-5-18(12-17)30-21-14-23(33)32(25(21)35)22-9-7-16(2)29-24(22)34/h3-6,8,12-14,22,30H,2,7,9-11H2,1H3,(H,29,34)(H2,28,31,36). The number of hydrogen-bond donors (Lipinski definition) is 4. The molecule has 2 heterocycles. The zero-order valence-electron chi connectivity index (χ0n) is 19.7. The van der Waals surface area contributed by atoms with E-state index >= 15 is 0 Å². The maximum absolute atomic E-state index is 12.9. The van der Waals surface area contributed by atoms with Gasteiger partial charge in [-0.15, -0.1) is 0 Å². The third-order valence-corrected chi connectivity index (χ3v) is 6.33. The number of aryl methyl sites for hydroxylation is 1. The summed E-state index contributed by atoms with van der Waals surface area (Å²) in [6.45, 7) is 5.98. The van der Waals surface area contributed by atoms with Gasteiger partial charge in [0.05, 0.1) is 0 Å². The molecule has 36 heavy (non-hydrogen) atoms. The Hall–Kier alpha value is -4.11. The number of carbonyl (C=O) groups is 4. The summed E-state index contributed by atoms with van der Waals surface area (Å²) in [6, 6.07) is 11.4. The second-order valence-electron chi connectivity index (χ2n) is 8.64. The van der Waals surface area contributed by atoms with E-state index in [1.54, 1.807) is 18.2 Å². The Kier molecular flexibility index (Phi) is 7.40. The van der Waals surface area contributed by atoms with Gasteiger partial charge in [-0.3, -0.25) is 19.3 Å². The van der Waals surface area contributed by atoms with Crippen LogP contribution in [0, 0.1) is 6.92 Å². The van der Waals surface area contributed by atoms with E-state index in [9.17, 15) is 19.2 Å². The molecule has 10 heteroatoms. The van der Waals surface area contributed by atoms with Crippen LogP contribution in [0.4, 0.5) is 16.2 Å². The molecule has 9 nitrogen and oxygen atoms in total. The molecule has 4 rings (SSSR count). The van der Waals surface area contributed by atoms with Crippen LogP contribution < -0.4 is 21.3 Å². The molecular weight excluding hydrogens is 482 g/mol. The molecule has 0 saturated carbocycles. The Labute approximate surface area is 213 Å². The summed E-state index contributed by atoms with van der Waals surface area (Å²) >= 11 is 6.09. The van der Waals surface area contributed by atoms with Crippen LogP contribution in [0.5, 0.6) is 0 Å². The van der Waals surface area contributed by atoms with E-state index in [0.29, 0.717) is 47.9 Å². The molecule has 4 N–H and O–H groups in total. The third-order valence-electron chi connectivity index (χ3n) is 5.92. The van der Waals surface area contributed by atoms with Gasteiger partial charge in [0.2, 0.25) is 5.91 Å². The van der Waals surface area contributed by atoms with Crippen LogP contribution in [-0.4, -0.2) is 41.2 Å². The van der Waals surface area contributed by atoms with Gasteiger partial charge in [0, 0.05) is 34.7 Å². The summed E-state index contributed by atoms with van der Waals surface area (Å²) in [5, 5.41) is 11.7. The molecule has 0 aliphatic carbocycles. The van der Waals surface area contributed by atoms with Gasteiger partial charge in [-0.2, -0.15) is 0 Å². The van der Waals surface area contributed by atoms with Crippen molar-refractivity contribution < 1.29 is 19.2 Å². The highest BCUT2D eigenvalue weighted by molar-refractivity contribution is 6.31. The fraction of sp³-hybridized carbons (Fsp3) is 0.231. The van der Waals surface area contributed by atoms with Gasteiger partial charge in [0.25, 0.3) is 11.8 Å². The number of benzene rings is 2.